The first-order valence-electron chi connectivity index (χ1n) is 9.29. The summed E-state index contributed by atoms with van der Waals surface area (Å²) in [7, 11) is 0. The van der Waals surface area contributed by atoms with E-state index in [1.165, 1.54) is 6.42 Å². The van der Waals surface area contributed by atoms with E-state index in [1.807, 2.05) is 12.4 Å². The fourth-order valence-electron chi connectivity index (χ4n) is 3.40. The third-order valence-electron chi connectivity index (χ3n) is 5.50. The third-order valence-corrected chi connectivity index (χ3v) is 5.50. The molecule has 2 rings (SSSR count). The van der Waals surface area contributed by atoms with Gasteiger partial charge in [-0.2, -0.15) is 0 Å². The second kappa shape index (κ2) is 8.47. The maximum Gasteiger partial charge on any atom is 0.226 e. The summed E-state index contributed by atoms with van der Waals surface area (Å²) in [5.41, 5.74) is 0.974. The Balaban J connectivity index is 2.00. The van der Waals surface area contributed by atoms with E-state index in [1.54, 1.807) is 0 Å². The summed E-state index contributed by atoms with van der Waals surface area (Å²) in [5, 5.41) is 0. The second-order valence-electron chi connectivity index (χ2n) is 7.11. The van der Waals surface area contributed by atoms with Crippen molar-refractivity contribution in [3.05, 3.63) is 24.4 Å². The van der Waals surface area contributed by atoms with E-state index in [2.05, 4.69) is 43.3 Å². The first kappa shape index (κ1) is 18.0. The molecule has 0 bridgehead atoms. The number of aliphatic imine (C=N–C) groups is 1. The van der Waals surface area contributed by atoms with Crippen LogP contribution in [0.4, 0.5) is 0 Å². The molecule has 3 atom stereocenters. The molecule has 3 heteroatoms. The quantitative estimate of drug-likeness (QED) is 0.624. The van der Waals surface area contributed by atoms with Gasteiger partial charge in [0.05, 0.1) is 6.04 Å². The molecule has 3 nitrogen and oxygen atoms in total. The van der Waals surface area contributed by atoms with Gasteiger partial charge in [-0.1, -0.05) is 46.3 Å². The molecule has 1 aliphatic heterocycles. The largest absolute Gasteiger partial charge is 0.332 e. The number of allylic oxidation sites excluding steroid dienone is 1. The van der Waals surface area contributed by atoms with Crippen molar-refractivity contribution in [3.8, 4) is 0 Å². The number of nitrogens with zero attached hydrogens (tertiary/aromatic N) is 2. The van der Waals surface area contributed by atoms with E-state index < -0.39 is 0 Å². The molecule has 0 radical (unpaired) electrons. The van der Waals surface area contributed by atoms with Gasteiger partial charge >= 0.3 is 0 Å². The summed E-state index contributed by atoms with van der Waals surface area (Å²) >= 11 is 0. The molecule has 1 heterocycles. The van der Waals surface area contributed by atoms with Crippen LogP contribution >= 0.6 is 0 Å². The lowest BCUT2D eigenvalue weighted by atomic mass is 9.84. The molecule has 1 aliphatic carbocycles. The van der Waals surface area contributed by atoms with Crippen LogP contribution in [0.15, 0.2) is 29.4 Å². The van der Waals surface area contributed by atoms with Crippen LogP contribution in [0.1, 0.15) is 65.7 Å². The molecule has 2 fully saturated rings. The van der Waals surface area contributed by atoms with Crippen molar-refractivity contribution in [1.82, 2.24) is 4.90 Å². The summed E-state index contributed by atoms with van der Waals surface area (Å²) in [6, 6.07) is 0.530. The summed E-state index contributed by atoms with van der Waals surface area (Å²) in [6.45, 7) is 10.7. The highest BCUT2D eigenvalue weighted by Crippen LogP contribution is 2.36. The van der Waals surface area contributed by atoms with Gasteiger partial charge in [-0.15, -0.1) is 0 Å². The first-order valence-corrected chi connectivity index (χ1v) is 9.29. The molecule has 1 amide bonds. The maximum absolute atomic E-state index is 12.8. The Morgan fingerprint density at radius 2 is 2.04 bits per heavy atom. The summed E-state index contributed by atoms with van der Waals surface area (Å²) in [6.07, 6.45) is 13.4. The minimum Gasteiger partial charge on any atom is -0.332 e. The van der Waals surface area contributed by atoms with Gasteiger partial charge in [0.1, 0.15) is 0 Å². The standard InChI is InChI=1S/C20H32N2O/c1-5-15(3)12-13-21-14-16(4)19-11-10-18(6-2)22(19)20(23)17-8-7-9-17/h12-15,17-19H,4-11H2,1-3H3/b13-12-,21-14?. The van der Waals surface area contributed by atoms with Gasteiger partial charge in [-0.3, -0.25) is 9.79 Å². The molecule has 0 aromatic heterocycles. The van der Waals surface area contributed by atoms with Crippen LogP contribution in [0, 0.1) is 11.8 Å². The van der Waals surface area contributed by atoms with Gasteiger partial charge in [0.25, 0.3) is 0 Å². The zero-order chi connectivity index (χ0) is 16.8. The van der Waals surface area contributed by atoms with Crippen LogP contribution in [-0.2, 0) is 4.79 Å². The smallest absolute Gasteiger partial charge is 0.226 e. The highest BCUT2D eigenvalue weighted by molar-refractivity contribution is 5.85. The van der Waals surface area contributed by atoms with Gasteiger partial charge in [0.2, 0.25) is 5.91 Å². The minimum absolute atomic E-state index is 0.147. The van der Waals surface area contributed by atoms with Crippen molar-refractivity contribution in [2.24, 2.45) is 16.8 Å². The Morgan fingerprint density at radius 1 is 1.30 bits per heavy atom. The number of hydrogen-bond donors (Lipinski definition) is 0. The molecule has 23 heavy (non-hydrogen) atoms. The van der Waals surface area contributed by atoms with Gasteiger partial charge in [0, 0.05) is 24.4 Å². The lowest BCUT2D eigenvalue weighted by molar-refractivity contribution is -0.140. The van der Waals surface area contributed by atoms with E-state index in [4.69, 9.17) is 0 Å². The zero-order valence-corrected chi connectivity index (χ0v) is 15.0. The van der Waals surface area contributed by atoms with Crippen molar-refractivity contribution in [2.75, 3.05) is 0 Å². The number of amides is 1. The predicted octanol–water partition coefficient (Wildman–Crippen LogP) is 4.74. The van der Waals surface area contributed by atoms with Crippen molar-refractivity contribution >= 4 is 12.1 Å². The van der Waals surface area contributed by atoms with Crippen LogP contribution in [0.25, 0.3) is 0 Å². The lowest BCUT2D eigenvalue weighted by Crippen LogP contribution is -2.46. The summed E-state index contributed by atoms with van der Waals surface area (Å²) in [4.78, 5) is 19.3. The Kier molecular flexibility index (Phi) is 6.61. The highest BCUT2D eigenvalue weighted by atomic mass is 16.2. The van der Waals surface area contributed by atoms with Crippen molar-refractivity contribution < 1.29 is 4.79 Å². The fourth-order valence-corrected chi connectivity index (χ4v) is 3.40. The Hall–Kier alpha value is -1.38. The average molecular weight is 316 g/mol. The number of likely N-dealkylation sites (tertiary alicyclic amines) is 1. The topological polar surface area (TPSA) is 32.7 Å². The molecule has 3 unspecified atom stereocenters. The maximum atomic E-state index is 12.8. The third kappa shape index (κ3) is 4.33. The molecule has 1 saturated carbocycles. The summed E-state index contributed by atoms with van der Waals surface area (Å²) < 4.78 is 0. The van der Waals surface area contributed by atoms with Crippen molar-refractivity contribution in [2.45, 2.75) is 77.8 Å². The minimum atomic E-state index is 0.147. The molecule has 0 N–H and O–H groups in total. The van der Waals surface area contributed by atoms with E-state index in [0.29, 0.717) is 17.9 Å². The first-order chi connectivity index (χ1) is 11.1. The normalized spacial score (nSPS) is 26.8. The monoisotopic (exact) mass is 316 g/mol. The Morgan fingerprint density at radius 3 is 2.61 bits per heavy atom. The van der Waals surface area contributed by atoms with Gasteiger partial charge in [-0.05, 0) is 43.6 Å². The van der Waals surface area contributed by atoms with Crippen LogP contribution in [-0.4, -0.2) is 29.1 Å². The SMILES string of the molecule is C=C(C=N/C=C\C(C)CC)C1CCC(CC)N1C(=O)C1CCC1. The molecule has 0 aromatic carbocycles. The zero-order valence-electron chi connectivity index (χ0n) is 15.0. The Bertz CT molecular complexity index is 476. The number of carbonyl (C=O) groups excluding carboxylic acids is 1. The lowest BCUT2D eigenvalue weighted by Gasteiger charge is -2.36. The second-order valence-corrected chi connectivity index (χ2v) is 7.11. The molecular weight excluding hydrogens is 284 g/mol. The molecule has 128 valence electrons. The molecule has 1 saturated heterocycles. The van der Waals surface area contributed by atoms with Crippen LogP contribution in [0.3, 0.4) is 0 Å². The molecular formula is C20H32N2O. The van der Waals surface area contributed by atoms with Gasteiger partial charge in [-0.25, -0.2) is 0 Å². The molecule has 0 aromatic rings. The number of rotatable bonds is 7. The van der Waals surface area contributed by atoms with Gasteiger partial charge in [0.15, 0.2) is 0 Å². The number of carbonyl (C=O) groups is 1. The van der Waals surface area contributed by atoms with E-state index >= 15 is 0 Å². The van der Waals surface area contributed by atoms with E-state index in [0.717, 1.165) is 44.1 Å². The molecule has 0 spiro atoms. The number of hydrogen-bond acceptors (Lipinski definition) is 2. The highest BCUT2D eigenvalue weighted by Gasteiger charge is 2.40. The van der Waals surface area contributed by atoms with Crippen LogP contribution < -0.4 is 0 Å². The van der Waals surface area contributed by atoms with Crippen molar-refractivity contribution in [3.63, 3.8) is 0 Å². The van der Waals surface area contributed by atoms with Crippen LogP contribution in [0.5, 0.6) is 0 Å². The predicted molar refractivity (Wildman–Crippen MR) is 97.5 cm³/mol. The fraction of sp³-hybridized carbons (Fsp3) is 0.700. The summed E-state index contributed by atoms with van der Waals surface area (Å²) in [5.74, 6) is 1.17. The van der Waals surface area contributed by atoms with E-state index in [-0.39, 0.29) is 12.0 Å². The molecule has 2 aliphatic rings. The average Bonchev–Trinajstić information content (AvgIpc) is 2.93. The van der Waals surface area contributed by atoms with Crippen LogP contribution in [0.2, 0.25) is 0 Å². The Labute approximate surface area is 141 Å². The van der Waals surface area contributed by atoms with Gasteiger partial charge < -0.3 is 4.90 Å². The van der Waals surface area contributed by atoms with Crippen molar-refractivity contribution in [1.29, 1.82) is 0 Å². The van der Waals surface area contributed by atoms with E-state index in [9.17, 15) is 4.79 Å².